The van der Waals surface area contributed by atoms with Crippen LogP contribution in [-0.4, -0.2) is 62.0 Å². The maximum Gasteiger partial charge on any atom is 0.236 e. The second kappa shape index (κ2) is 10.3. The van der Waals surface area contributed by atoms with Crippen molar-refractivity contribution in [3.8, 4) is 5.75 Å². The van der Waals surface area contributed by atoms with Crippen molar-refractivity contribution < 1.29 is 18.7 Å². The van der Waals surface area contributed by atoms with E-state index in [0.29, 0.717) is 19.6 Å². The summed E-state index contributed by atoms with van der Waals surface area (Å²) >= 11 is 0. The molecule has 1 saturated heterocycles. The number of likely N-dealkylation sites (tertiary alicyclic amines) is 1. The monoisotopic (exact) mass is 379 g/mol. The number of likely N-dealkylation sites (N-methyl/N-ethyl adjacent to an activating group) is 1. The van der Waals surface area contributed by atoms with Crippen molar-refractivity contribution in [2.45, 2.75) is 32.7 Å². The van der Waals surface area contributed by atoms with E-state index in [-0.39, 0.29) is 23.5 Å². The molecule has 150 valence electrons. The summed E-state index contributed by atoms with van der Waals surface area (Å²) in [7, 11) is 3.14. The zero-order valence-electron chi connectivity index (χ0n) is 16.5. The molecular weight excluding hydrogens is 349 g/mol. The van der Waals surface area contributed by atoms with Gasteiger partial charge in [0.2, 0.25) is 11.8 Å². The highest BCUT2D eigenvalue weighted by molar-refractivity contribution is 5.79. The molecule has 0 aliphatic carbocycles. The van der Waals surface area contributed by atoms with Crippen molar-refractivity contribution in [3.63, 3.8) is 0 Å². The molecule has 6 nitrogen and oxygen atoms in total. The zero-order valence-corrected chi connectivity index (χ0v) is 16.5. The van der Waals surface area contributed by atoms with Crippen LogP contribution in [-0.2, 0) is 16.1 Å². The number of carbonyl (C=O) groups is 2. The molecule has 1 aromatic rings. The fraction of sp³-hybridized carbons (Fsp3) is 0.600. The third-order valence-corrected chi connectivity index (χ3v) is 4.93. The van der Waals surface area contributed by atoms with E-state index < -0.39 is 5.82 Å². The number of methoxy groups -OCH3 is 1. The molecule has 1 N–H and O–H groups in total. The summed E-state index contributed by atoms with van der Waals surface area (Å²) in [5.74, 6) is -0.0812. The standard InChI is InChI=1S/C20H30FN3O3/c1-4-9-22-20(26)16-7-10-24(11-8-16)14-19(25)23(2)13-15-5-6-18(27-3)17(21)12-15/h5-6,12,16H,4,7-11,13-14H2,1-3H3,(H,22,26). The number of piperidine rings is 1. The minimum absolute atomic E-state index is 0.0138. The molecule has 1 aliphatic heterocycles. The van der Waals surface area contributed by atoms with Crippen molar-refractivity contribution in [1.82, 2.24) is 15.1 Å². The highest BCUT2D eigenvalue weighted by atomic mass is 19.1. The molecule has 27 heavy (non-hydrogen) atoms. The molecule has 7 heteroatoms. The SMILES string of the molecule is CCCNC(=O)C1CCN(CC(=O)N(C)Cc2ccc(OC)c(F)c2)CC1. The Kier molecular flexibility index (Phi) is 8.03. The molecule has 0 radical (unpaired) electrons. The number of amides is 2. The molecule has 0 spiro atoms. The summed E-state index contributed by atoms with van der Waals surface area (Å²) in [6.07, 6.45) is 2.48. The lowest BCUT2D eigenvalue weighted by Crippen LogP contribution is -2.44. The van der Waals surface area contributed by atoms with Crippen molar-refractivity contribution in [2.75, 3.05) is 40.3 Å². The Morgan fingerprint density at radius 1 is 1.33 bits per heavy atom. The number of nitrogens with zero attached hydrogens (tertiary/aromatic N) is 2. The summed E-state index contributed by atoms with van der Waals surface area (Å²) in [4.78, 5) is 28.2. The molecule has 0 atom stereocenters. The number of rotatable bonds is 8. The van der Waals surface area contributed by atoms with Crippen LogP contribution in [0.1, 0.15) is 31.7 Å². The van der Waals surface area contributed by atoms with Crippen LogP contribution in [0, 0.1) is 11.7 Å². The maximum absolute atomic E-state index is 13.8. The van der Waals surface area contributed by atoms with Crippen molar-refractivity contribution >= 4 is 11.8 Å². The van der Waals surface area contributed by atoms with Gasteiger partial charge in [0.15, 0.2) is 11.6 Å². The molecule has 0 bridgehead atoms. The average Bonchev–Trinajstić information content (AvgIpc) is 2.66. The van der Waals surface area contributed by atoms with Crippen LogP contribution < -0.4 is 10.1 Å². The first-order valence-electron chi connectivity index (χ1n) is 9.51. The van der Waals surface area contributed by atoms with Crippen LogP contribution in [0.25, 0.3) is 0 Å². The van der Waals surface area contributed by atoms with Gasteiger partial charge in [-0.1, -0.05) is 13.0 Å². The summed E-state index contributed by atoms with van der Waals surface area (Å²) in [6, 6.07) is 4.71. The van der Waals surface area contributed by atoms with Gasteiger partial charge in [-0.2, -0.15) is 0 Å². The number of halogens is 1. The summed E-state index contributed by atoms with van der Waals surface area (Å²) in [5.41, 5.74) is 0.718. The number of hydrogen-bond acceptors (Lipinski definition) is 4. The van der Waals surface area contributed by atoms with Gasteiger partial charge in [-0.15, -0.1) is 0 Å². The van der Waals surface area contributed by atoms with E-state index in [1.165, 1.54) is 13.2 Å². The third-order valence-electron chi connectivity index (χ3n) is 4.93. The molecule has 0 aromatic heterocycles. The van der Waals surface area contributed by atoms with Crippen LogP contribution in [0.5, 0.6) is 5.75 Å². The topological polar surface area (TPSA) is 61.9 Å². The van der Waals surface area contributed by atoms with Gasteiger partial charge < -0.3 is 15.0 Å². The lowest BCUT2D eigenvalue weighted by atomic mass is 9.96. The number of hydrogen-bond donors (Lipinski definition) is 1. The first-order valence-corrected chi connectivity index (χ1v) is 9.51. The zero-order chi connectivity index (χ0) is 19.8. The molecule has 0 saturated carbocycles. The Morgan fingerprint density at radius 2 is 2.04 bits per heavy atom. The fourth-order valence-corrected chi connectivity index (χ4v) is 3.23. The predicted molar refractivity (Wildman–Crippen MR) is 102 cm³/mol. The molecule has 1 aliphatic rings. The first-order chi connectivity index (χ1) is 12.9. The third kappa shape index (κ3) is 6.20. The number of benzene rings is 1. The van der Waals surface area contributed by atoms with Crippen LogP contribution in [0.3, 0.4) is 0 Å². The lowest BCUT2D eigenvalue weighted by molar-refractivity contribution is -0.132. The largest absolute Gasteiger partial charge is 0.494 e. The van der Waals surface area contributed by atoms with Crippen LogP contribution in [0.2, 0.25) is 0 Å². The number of nitrogens with one attached hydrogen (secondary N) is 1. The van der Waals surface area contributed by atoms with Crippen molar-refractivity contribution in [1.29, 1.82) is 0 Å². The van der Waals surface area contributed by atoms with Gasteiger partial charge in [-0.05, 0) is 50.0 Å². The summed E-state index contributed by atoms with van der Waals surface area (Å²) in [5, 5.41) is 2.94. The Balaban J connectivity index is 1.78. The average molecular weight is 379 g/mol. The van der Waals surface area contributed by atoms with Gasteiger partial charge in [0.05, 0.1) is 13.7 Å². The second-order valence-electron chi connectivity index (χ2n) is 7.06. The second-order valence-corrected chi connectivity index (χ2v) is 7.06. The van der Waals surface area contributed by atoms with Crippen molar-refractivity contribution in [3.05, 3.63) is 29.6 Å². The smallest absolute Gasteiger partial charge is 0.236 e. The molecule has 1 fully saturated rings. The number of ether oxygens (including phenoxy) is 1. The van der Waals surface area contributed by atoms with Gasteiger partial charge in [0.25, 0.3) is 0 Å². The Morgan fingerprint density at radius 3 is 2.63 bits per heavy atom. The predicted octanol–water partition coefficient (Wildman–Crippen LogP) is 2.03. The van der Waals surface area contributed by atoms with Gasteiger partial charge in [0.1, 0.15) is 0 Å². The highest BCUT2D eigenvalue weighted by Crippen LogP contribution is 2.19. The minimum atomic E-state index is -0.431. The molecule has 1 heterocycles. The fourth-order valence-electron chi connectivity index (χ4n) is 3.23. The molecule has 2 rings (SSSR count). The van der Waals surface area contributed by atoms with E-state index >= 15 is 0 Å². The van der Waals surface area contributed by atoms with E-state index in [2.05, 4.69) is 10.2 Å². The van der Waals surface area contributed by atoms with E-state index in [1.807, 2.05) is 6.92 Å². The highest BCUT2D eigenvalue weighted by Gasteiger charge is 2.26. The van der Waals surface area contributed by atoms with Gasteiger partial charge in [0, 0.05) is 26.1 Å². The van der Waals surface area contributed by atoms with Gasteiger partial charge >= 0.3 is 0 Å². The van der Waals surface area contributed by atoms with E-state index in [9.17, 15) is 14.0 Å². The van der Waals surface area contributed by atoms with Crippen LogP contribution in [0.4, 0.5) is 4.39 Å². The Hall–Kier alpha value is -2.15. The Labute approximate surface area is 160 Å². The van der Waals surface area contributed by atoms with Gasteiger partial charge in [-0.25, -0.2) is 4.39 Å². The minimum Gasteiger partial charge on any atom is -0.494 e. The van der Waals surface area contributed by atoms with Gasteiger partial charge in [-0.3, -0.25) is 14.5 Å². The quantitative estimate of drug-likeness (QED) is 0.751. The summed E-state index contributed by atoms with van der Waals surface area (Å²) in [6.45, 7) is 4.88. The van der Waals surface area contributed by atoms with E-state index in [0.717, 1.165) is 37.9 Å². The van der Waals surface area contributed by atoms with E-state index in [4.69, 9.17) is 4.74 Å². The molecule has 2 amide bonds. The van der Waals surface area contributed by atoms with Crippen LogP contribution >= 0.6 is 0 Å². The lowest BCUT2D eigenvalue weighted by Gasteiger charge is -2.32. The summed E-state index contributed by atoms with van der Waals surface area (Å²) < 4.78 is 18.7. The first kappa shape index (κ1) is 21.2. The maximum atomic E-state index is 13.8. The van der Waals surface area contributed by atoms with Crippen molar-refractivity contribution in [2.24, 2.45) is 5.92 Å². The van der Waals surface area contributed by atoms with E-state index in [1.54, 1.807) is 24.1 Å². The molecule has 1 aromatic carbocycles. The molecular formula is C20H30FN3O3. The Bertz CT molecular complexity index is 645. The van der Waals surface area contributed by atoms with Crippen LogP contribution in [0.15, 0.2) is 18.2 Å². The number of carbonyl (C=O) groups excluding carboxylic acids is 2. The normalized spacial score (nSPS) is 15.4. The molecule has 0 unspecified atom stereocenters.